The van der Waals surface area contributed by atoms with Crippen molar-refractivity contribution in [3.63, 3.8) is 0 Å². The Hall–Kier alpha value is -4.03. The molecule has 28 heavy (non-hydrogen) atoms. The number of nitrogen functional groups attached to an aromatic ring is 1. The van der Waals surface area contributed by atoms with Crippen LogP contribution in [0.25, 0.3) is 43.5 Å². The molecule has 0 atom stereocenters. The summed E-state index contributed by atoms with van der Waals surface area (Å²) in [5.41, 5.74) is 10.2. The molecule has 2 aromatic carbocycles. The molecule has 4 N–H and O–H groups in total. The number of anilines is 1. The maximum atomic E-state index is 12.6. The smallest absolute Gasteiger partial charge is 0.260 e. The van der Waals surface area contributed by atoms with Gasteiger partial charge in [0.2, 0.25) is 0 Å². The van der Waals surface area contributed by atoms with Crippen LogP contribution in [-0.4, -0.2) is 25.1 Å². The average Bonchev–Trinajstić information content (AvgIpc) is 3.37. The van der Waals surface area contributed by atoms with Gasteiger partial charge in [0.05, 0.1) is 34.6 Å². The lowest BCUT2D eigenvalue weighted by atomic mass is 9.95. The van der Waals surface area contributed by atoms with E-state index in [0.717, 1.165) is 16.5 Å². The fourth-order valence-corrected chi connectivity index (χ4v) is 4.08. The largest absolute Gasteiger partial charge is 0.398 e. The van der Waals surface area contributed by atoms with Crippen molar-refractivity contribution in [3.8, 4) is 27.8 Å². The zero-order valence-electron chi connectivity index (χ0n) is 14.2. The number of nitriles is 1. The average molecular weight is 385 g/mol. The maximum Gasteiger partial charge on any atom is 0.260 e. The van der Waals surface area contributed by atoms with Gasteiger partial charge in [-0.3, -0.25) is 9.89 Å². The number of rotatable bonds is 2. The van der Waals surface area contributed by atoms with Crippen molar-refractivity contribution in [2.45, 2.75) is 0 Å². The van der Waals surface area contributed by atoms with Crippen LogP contribution in [0.5, 0.6) is 0 Å². The van der Waals surface area contributed by atoms with E-state index in [9.17, 15) is 4.79 Å². The van der Waals surface area contributed by atoms with Crippen LogP contribution in [0, 0.1) is 11.3 Å². The van der Waals surface area contributed by atoms with Gasteiger partial charge in [0.15, 0.2) is 5.69 Å². The Morgan fingerprint density at radius 2 is 2.11 bits per heavy atom. The summed E-state index contributed by atoms with van der Waals surface area (Å²) in [4.78, 5) is 23.8. The van der Waals surface area contributed by atoms with Crippen LogP contribution in [0.2, 0.25) is 0 Å². The SMILES string of the molecule is N#Cc1csc(-c2cc(-c3cccc4[nH]ncc34)c(N)c3c(=O)[nH]cnc23)n1. The van der Waals surface area contributed by atoms with E-state index in [1.54, 1.807) is 11.6 Å². The molecule has 0 radical (unpaired) electrons. The number of nitrogens with one attached hydrogen (secondary N) is 2. The highest BCUT2D eigenvalue weighted by Gasteiger charge is 2.19. The van der Waals surface area contributed by atoms with Gasteiger partial charge in [-0.25, -0.2) is 9.97 Å². The molecule has 0 aliphatic rings. The number of aromatic amines is 2. The first-order valence-electron chi connectivity index (χ1n) is 8.25. The minimum Gasteiger partial charge on any atom is -0.398 e. The fourth-order valence-electron chi connectivity index (χ4n) is 3.32. The zero-order valence-corrected chi connectivity index (χ0v) is 15.0. The van der Waals surface area contributed by atoms with E-state index in [1.165, 1.54) is 17.7 Å². The van der Waals surface area contributed by atoms with Gasteiger partial charge in [-0.2, -0.15) is 10.4 Å². The van der Waals surface area contributed by atoms with E-state index >= 15 is 0 Å². The highest BCUT2D eigenvalue weighted by atomic mass is 32.1. The lowest BCUT2D eigenvalue weighted by Gasteiger charge is -2.12. The van der Waals surface area contributed by atoms with E-state index in [-0.39, 0.29) is 5.56 Å². The lowest BCUT2D eigenvalue weighted by molar-refractivity contribution is 1.12. The van der Waals surface area contributed by atoms with Crippen LogP contribution in [0.15, 0.2) is 47.0 Å². The van der Waals surface area contributed by atoms with Crippen molar-refractivity contribution in [2.24, 2.45) is 0 Å². The molecule has 0 aliphatic heterocycles. The molecule has 9 heteroatoms. The zero-order chi connectivity index (χ0) is 19.3. The van der Waals surface area contributed by atoms with Crippen LogP contribution in [-0.2, 0) is 0 Å². The van der Waals surface area contributed by atoms with Crippen molar-refractivity contribution in [2.75, 3.05) is 5.73 Å². The summed E-state index contributed by atoms with van der Waals surface area (Å²) in [5.74, 6) is 0. The molecule has 0 spiro atoms. The summed E-state index contributed by atoms with van der Waals surface area (Å²) in [5, 5.41) is 19.6. The Morgan fingerprint density at radius 3 is 2.93 bits per heavy atom. The van der Waals surface area contributed by atoms with Crippen molar-refractivity contribution in [1.29, 1.82) is 5.26 Å². The monoisotopic (exact) mass is 385 g/mol. The van der Waals surface area contributed by atoms with Crippen LogP contribution in [0.1, 0.15) is 5.69 Å². The summed E-state index contributed by atoms with van der Waals surface area (Å²) >= 11 is 1.32. The standard InChI is InChI=1S/C19H11N7OS/c20-5-9-7-28-19(25-9)12-4-11(10-2-1-3-14-13(10)6-24-26-14)16(21)15-17(12)22-8-23-18(15)27/h1-4,6-8H,21H2,(H,24,26)(H,22,23,27). The van der Waals surface area contributed by atoms with E-state index < -0.39 is 0 Å². The highest BCUT2D eigenvalue weighted by molar-refractivity contribution is 7.13. The second kappa shape index (κ2) is 6.00. The molecule has 0 unspecified atom stereocenters. The Labute approximate surface area is 161 Å². The first kappa shape index (κ1) is 16.2. The summed E-state index contributed by atoms with van der Waals surface area (Å²) in [6.45, 7) is 0. The summed E-state index contributed by atoms with van der Waals surface area (Å²) in [6, 6.07) is 9.63. The Kier molecular flexibility index (Phi) is 3.47. The number of fused-ring (bicyclic) bond motifs is 2. The molecule has 5 rings (SSSR count). The van der Waals surface area contributed by atoms with Crippen LogP contribution < -0.4 is 11.3 Å². The second-order valence-electron chi connectivity index (χ2n) is 6.13. The lowest BCUT2D eigenvalue weighted by Crippen LogP contribution is -2.10. The van der Waals surface area contributed by atoms with Crippen molar-refractivity contribution < 1.29 is 0 Å². The van der Waals surface area contributed by atoms with Crippen LogP contribution >= 0.6 is 11.3 Å². The molecule has 134 valence electrons. The molecular weight excluding hydrogens is 374 g/mol. The Morgan fingerprint density at radius 1 is 1.21 bits per heavy atom. The van der Waals surface area contributed by atoms with Gasteiger partial charge in [-0.05, 0) is 17.7 Å². The minimum atomic E-state index is -0.331. The van der Waals surface area contributed by atoms with Gasteiger partial charge < -0.3 is 10.7 Å². The van der Waals surface area contributed by atoms with Crippen molar-refractivity contribution >= 4 is 38.8 Å². The third kappa shape index (κ3) is 2.29. The predicted octanol–water partition coefficient (Wildman–Crippen LogP) is 3.04. The number of H-pyrrole nitrogens is 2. The summed E-state index contributed by atoms with van der Waals surface area (Å²) in [6.07, 6.45) is 3.06. The van der Waals surface area contributed by atoms with E-state index in [2.05, 4.69) is 25.1 Å². The Balaban J connectivity index is 1.92. The second-order valence-corrected chi connectivity index (χ2v) is 6.99. The quantitative estimate of drug-likeness (QED) is 0.399. The normalized spacial score (nSPS) is 11.1. The molecule has 0 fully saturated rings. The molecule has 8 nitrogen and oxygen atoms in total. The minimum absolute atomic E-state index is 0.296. The van der Waals surface area contributed by atoms with Crippen molar-refractivity contribution in [1.82, 2.24) is 25.1 Å². The number of hydrogen-bond acceptors (Lipinski definition) is 7. The third-order valence-corrected chi connectivity index (χ3v) is 5.46. The highest BCUT2D eigenvalue weighted by Crippen LogP contribution is 2.40. The molecule has 0 aliphatic carbocycles. The first-order chi connectivity index (χ1) is 13.7. The van der Waals surface area contributed by atoms with Gasteiger partial charge in [0.25, 0.3) is 5.56 Å². The molecule has 0 amide bonds. The number of hydrogen-bond donors (Lipinski definition) is 3. The third-order valence-electron chi connectivity index (χ3n) is 4.58. The topological polar surface area (TPSA) is 137 Å². The van der Waals surface area contributed by atoms with Gasteiger partial charge in [0, 0.05) is 21.9 Å². The number of benzene rings is 2. The maximum absolute atomic E-state index is 12.6. The van der Waals surface area contributed by atoms with Gasteiger partial charge in [-0.15, -0.1) is 11.3 Å². The number of thiazole rings is 1. The predicted molar refractivity (Wildman–Crippen MR) is 108 cm³/mol. The number of nitrogens with two attached hydrogens (primary N) is 1. The number of nitrogens with zero attached hydrogens (tertiary/aromatic N) is 4. The molecule has 0 bridgehead atoms. The molecule has 0 saturated carbocycles. The van der Waals surface area contributed by atoms with Gasteiger partial charge >= 0.3 is 0 Å². The molecular formula is C19H11N7OS. The van der Waals surface area contributed by atoms with E-state index in [1.807, 2.05) is 30.3 Å². The summed E-state index contributed by atoms with van der Waals surface area (Å²) in [7, 11) is 0. The van der Waals surface area contributed by atoms with Gasteiger partial charge in [-0.1, -0.05) is 12.1 Å². The summed E-state index contributed by atoms with van der Waals surface area (Å²) < 4.78 is 0. The molecule has 5 aromatic rings. The molecule has 3 heterocycles. The van der Waals surface area contributed by atoms with Crippen molar-refractivity contribution in [3.05, 3.63) is 58.2 Å². The fraction of sp³-hybridized carbons (Fsp3) is 0. The molecule has 0 saturated heterocycles. The van der Waals surface area contributed by atoms with Crippen LogP contribution in [0.3, 0.4) is 0 Å². The van der Waals surface area contributed by atoms with E-state index in [4.69, 9.17) is 11.0 Å². The van der Waals surface area contributed by atoms with Crippen LogP contribution in [0.4, 0.5) is 5.69 Å². The molecule has 3 aromatic heterocycles. The number of aromatic nitrogens is 5. The first-order valence-corrected chi connectivity index (χ1v) is 9.13. The Bertz CT molecular complexity index is 1470. The van der Waals surface area contributed by atoms with Gasteiger partial charge in [0.1, 0.15) is 11.1 Å². The van der Waals surface area contributed by atoms with E-state index in [0.29, 0.717) is 38.4 Å².